The predicted molar refractivity (Wildman–Crippen MR) is 65.7 cm³/mol. The van der Waals surface area contributed by atoms with Crippen LogP contribution in [-0.2, 0) is 19.1 Å². The highest BCUT2D eigenvalue weighted by Gasteiger charge is 2.32. The number of alkyl halides is 3. The van der Waals surface area contributed by atoms with Gasteiger partial charge in [0, 0.05) is 11.8 Å². The van der Waals surface area contributed by atoms with E-state index in [1.807, 2.05) is 0 Å². The van der Waals surface area contributed by atoms with Crippen molar-refractivity contribution in [2.24, 2.45) is 0 Å². The Balaban J connectivity index is 2.82. The molecule has 114 valence electrons. The van der Waals surface area contributed by atoms with Crippen LogP contribution in [0.15, 0.2) is 16.3 Å². The van der Waals surface area contributed by atoms with E-state index in [0.717, 1.165) is 17.4 Å². The molecule has 0 bridgehead atoms. The second-order valence-electron chi connectivity index (χ2n) is 3.91. The first kappa shape index (κ1) is 16.9. The maximum Gasteiger partial charge on any atom is 0.413 e. The lowest BCUT2D eigenvalue weighted by Gasteiger charge is -2.09. The molecule has 1 heterocycles. The molecule has 0 radical (unpaired) electrons. The van der Waals surface area contributed by atoms with Gasteiger partial charge in [-0.2, -0.15) is 21.6 Å². The zero-order valence-corrected chi connectivity index (χ0v) is 12.2. The summed E-state index contributed by atoms with van der Waals surface area (Å²) in [6.07, 6.45) is -4.73. The van der Waals surface area contributed by atoms with Gasteiger partial charge in [-0.15, -0.1) is 11.3 Å². The third kappa shape index (κ3) is 5.10. The molecule has 0 saturated heterocycles. The molecule has 5 nitrogen and oxygen atoms in total. The Bertz CT molecular complexity index is 580. The largest absolute Gasteiger partial charge is 0.413 e. The Morgan fingerprint density at radius 1 is 1.45 bits per heavy atom. The van der Waals surface area contributed by atoms with Crippen molar-refractivity contribution in [1.29, 1.82) is 0 Å². The lowest BCUT2D eigenvalue weighted by atomic mass is 10.3. The van der Waals surface area contributed by atoms with Gasteiger partial charge in [-0.1, -0.05) is 0 Å². The molecular formula is C10H12F3NO4S2. The Morgan fingerprint density at radius 3 is 2.55 bits per heavy atom. The number of thiophene rings is 1. The van der Waals surface area contributed by atoms with Crippen LogP contribution in [0.3, 0.4) is 0 Å². The minimum absolute atomic E-state index is 0.302. The molecule has 1 atom stereocenters. The highest BCUT2D eigenvalue weighted by molar-refractivity contribution is 7.89. The predicted octanol–water partition coefficient (Wildman–Crippen LogP) is 2.21. The van der Waals surface area contributed by atoms with Crippen LogP contribution in [0.4, 0.5) is 13.2 Å². The van der Waals surface area contributed by atoms with Crippen LogP contribution in [0.5, 0.6) is 0 Å². The number of carbonyl (C=O) groups excluding carboxylic acids is 1. The molecule has 0 fully saturated rings. The van der Waals surface area contributed by atoms with Crippen LogP contribution >= 0.6 is 11.3 Å². The number of rotatable bonds is 5. The van der Waals surface area contributed by atoms with E-state index in [4.69, 9.17) is 0 Å². The van der Waals surface area contributed by atoms with Gasteiger partial charge < -0.3 is 5.32 Å². The molecule has 0 aliphatic carbocycles. The second kappa shape index (κ2) is 6.10. The van der Waals surface area contributed by atoms with Crippen LogP contribution in [0.1, 0.15) is 24.8 Å². The van der Waals surface area contributed by atoms with E-state index in [2.05, 4.69) is 9.50 Å². The Kier molecular flexibility index (Phi) is 5.16. The molecule has 0 spiro atoms. The number of nitrogens with one attached hydrogen (secondary N) is 1. The van der Waals surface area contributed by atoms with Gasteiger partial charge in [0.1, 0.15) is 4.21 Å². The molecule has 1 N–H and O–H groups in total. The van der Waals surface area contributed by atoms with E-state index in [9.17, 15) is 26.4 Å². The lowest BCUT2D eigenvalue weighted by molar-refractivity contribution is -0.152. The number of hydrogen-bond donors (Lipinski definition) is 1. The van der Waals surface area contributed by atoms with E-state index < -0.39 is 28.9 Å². The lowest BCUT2D eigenvalue weighted by Crippen LogP contribution is -2.22. The van der Waals surface area contributed by atoms with Crippen molar-refractivity contribution in [3.8, 4) is 0 Å². The third-order valence-corrected chi connectivity index (χ3v) is 5.05. The van der Waals surface area contributed by atoms with E-state index in [-0.39, 0.29) is 10.1 Å². The maximum atomic E-state index is 11.9. The molecule has 1 amide bonds. The maximum absolute atomic E-state index is 11.9. The average molecular weight is 331 g/mol. The molecule has 10 heteroatoms. The summed E-state index contributed by atoms with van der Waals surface area (Å²) in [6, 6.07) is 2.11. The molecule has 1 aromatic heterocycles. The first-order valence-electron chi connectivity index (χ1n) is 5.34. The Labute approximate surface area is 117 Å². The van der Waals surface area contributed by atoms with Crippen molar-refractivity contribution < 1.29 is 30.6 Å². The van der Waals surface area contributed by atoms with Crippen molar-refractivity contribution in [2.45, 2.75) is 30.3 Å². The summed E-state index contributed by atoms with van der Waals surface area (Å²) in [6.45, 7) is 1.05. The molecule has 1 unspecified atom stereocenters. The highest BCUT2D eigenvalue weighted by atomic mass is 32.3. The van der Waals surface area contributed by atoms with E-state index in [1.54, 1.807) is 6.92 Å². The molecule has 1 aromatic rings. The van der Waals surface area contributed by atoms with Crippen molar-refractivity contribution in [3.63, 3.8) is 0 Å². The van der Waals surface area contributed by atoms with Gasteiger partial charge in [0.2, 0.25) is 5.91 Å². The first-order valence-corrected chi connectivity index (χ1v) is 7.57. The Morgan fingerprint density at radius 2 is 2.05 bits per heavy atom. The van der Waals surface area contributed by atoms with Crippen molar-refractivity contribution >= 4 is 27.4 Å². The van der Waals surface area contributed by atoms with Crippen molar-refractivity contribution in [1.82, 2.24) is 5.32 Å². The van der Waals surface area contributed by atoms with Crippen LogP contribution in [0.2, 0.25) is 0 Å². The summed E-state index contributed by atoms with van der Waals surface area (Å²) < 4.78 is 62.5. The molecule has 0 aliphatic heterocycles. The third-order valence-electron chi connectivity index (χ3n) is 2.07. The van der Waals surface area contributed by atoms with Crippen LogP contribution in [0.25, 0.3) is 0 Å². The number of halogens is 3. The van der Waals surface area contributed by atoms with Crippen LogP contribution in [0, 0.1) is 0 Å². The van der Waals surface area contributed by atoms with Crippen molar-refractivity contribution in [3.05, 3.63) is 17.0 Å². The summed E-state index contributed by atoms with van der Waals surface area (Å²) in [5, 5.41) is 2.54. The quantitative estimate of drug-likeness (QED) is 0.840. The fourth-order valence-electron chi connectivity index (χ4n) is 1.28. The minimum atomic E-state index is -4.73. The zero-order chi connectivity index (χ0) is 15.6. The van der Waals surface area contributed by atoms with Gasteiger partial charge in [0.25, 0.3) is 0 Å². The Hall–Kier alpha value is -1.13. The summed E-state index contributed by atoms with van der Waals surface area (Å²) in [4.78, 5) is 11.4. The standard InChI is InChI=1S/C10H12F3NO4S2/c1-6(14-7(2)15)8-3-4-9(19-8)20(16,17)18-5-10(11,12)13/h3-4,6H,5H2,1-2H3,(H,14,15). The van der Waals surface area contributed by atoms with E-state index in [0.29, 0.717) is 4.88 Å². The molecule has 0 aliphatic rings. The monoisotopic (exact) mass is 331 g/mol. The molecular weight excluding hydrogens is 319 g/mol. The van der Waals surface area contributed by atoms with Gasteiger partial charge in [-0.3, -0.25) is 8.98 Å². The fourth-order valence-corrected chi connectivity index (χ4v) is 3.50. The number of hydrogen-bond acceptors (Lipinski definition) is 5. The molecule has 0 aromatic carbocycles. The normalized spacial score (nSPS) is 14.1. The number of amides is 1. The summed E-state index contributed by atoms with van der Waals surface area (Å²) in [5.41, 5.74) is 0. The number of carbonyl (C=O) groups is 1. The molecule has 20 heavy (non-hydrogen) atoms. The minimum Gasteiger partial charge on any atom is -0.349 e. The second-order valence-corrected chi connectivity index (χ2v) is 6.87. The van der Waals surface area contributed by atoms with E-state index >= 15 is 0 Å². The molecule has 1 rings (SSSR count). The van der Waals surface area contributed by atoms with Gasteiger partial charge in [-0.25, -0.2) is 0 Å². The highest BCUT2D eigenvalue weighted by Crippen LogP contribution is 2.28. The SMILES string of the molecule is CC(=O)NC(C)c1ccc(S(=O)(=O)OCC(F)(F)F)s1. The summed E-state index contributed by atoms with van der Waals surface area (Å²) >= 11 is 0.745. The van der Waals surface area contributed by atoms with E-state index in [1.165, 1.54) is 13.0 Å². The smallest absolute Gasteiger partial charge is 0.349 e. The van der Waals surface area contributed by atoms with Gasteiger partial charge in [-0.05, 0) is 19.1 Å². The van der Waals surface area contributed by atoms with Crippen LogP contribution in [-0.4, -0.2) is 27.1 Å². The van der Waals surface area contributed by atoms with Gasteiger partial charge in [0.05, 0.1) is 6.04 Å². The van der Waals surface area contributed by atoms with Gasteiger partial charge >= 0.3 is 16.3 Å². The summed E-state index contributed by atoms with van der Waals surface area (Å²) in [5.74, 6) is -0.302. The zero-order valence-electron chi connectivity index (χ0n) is 10.5. The van der Waals surface area contributed by atoms with Crippen LogP contribution < -0.4 is 5.32 Å². The van der Waals surface area contributed by atoms with Gasteiger partial charge in [0.15, 0.2) is 6.61 Å². The summed E-state index contributed by atoms with van der Waals surface area (Å²) in [7, 11) is -4.45. The topological polar surface area (TPSA) is 72.5 Å². The van der Waals surface area contributed by atoms with Crippen molar-refractivity contribution in [2.75, 3.05) is 6.61 Å². The fraction of sp³-hybridized carbons (Fsp3) is 0.500. The molecule has 0 saturated carbocycles. The first-order chi connectivity index (χ1) is 9.01. The average Bonchev–Trinajstić information content (AvgIpc) is 2.74.